The van der Waals surface area contributed by atoms with Crippen LogP contribution in [0.5, 0.6) is 0 Å². The van der Waals surface area contributed by atoms with E-state index in [0.29, 0.717) is 22.4 Å². The number of benzene rings is 2. The second kappa shape index (κ2) is 11.0. The van der Waals surface area contributed by atoms with Crippen molar-refractivity contribution in [3.63, 3.8) is 0 Å². The second-order valence-electron chi connectivity index (χ2n) is 8.19. The van der Waals surface area contributed by atoms with E-state index >= 15 is 0 Å². The number of hydrogen-bond donors (Lipinski definition) is 1. The smallest absolute Gasteiger partial charge is 0.340 e. The largest absolute Gasteiger partial charge is 0.416 e. The van der Waals surface area contributed by atoms with Gasteiger partial charge in [-0.2, -0.15) is 13.2 Å². The van der Waals surface area contributed by atoms with Crippen molar-refractivity contribution in [3.8, 4) is 11.3 Å². The summed E-state index contributed by atoms with van der Waals surface area (Å²) >= 11 is 0. The molecule has 0 amide bonds. The zero-order valence-corrected chi connectivity index (χ0v) is 21.4. The van der Waals surface area contributed by atoms with E-state index in [1.165, 1.54) is 12.1 Å². The van der Waals surface area contributed by atoms with E-state index in [0.717, 1.165) is 29.0 Å². The minimum Gasteiger partial charge on any atom is -0.340 e. The van der Waals surface area contributed by atoms with Crippen molar-refractivity contribution in [2.75, 3.05) is 18.5 Å². The molecule has 0 aliphatic heterocycles. The molecule has 0 fully saturated rings. The maximum absolute atomic E-state index is 13.2. The van der Waals surface area contributed by atoms with Crippen LogP contribution in [0.3, 0.4) is 0 Å². The third kappa shape index (κ3) is 6.33. The van der Waals surface area contributed by atoms with Crippen LogP contribution >= 0.6 is 7.60 Å². The first-order chi connectivity index (χ1) is 17.6. The van der Waals surface area contributed by atoms with Crippen molar-refractivity contribution in [2.45, 2.75) is 33.1 Å². The molecule has 0 saturated heterocycles. The lowest BCUT2D eigenvalue weighted by Crippen LogP contribution is -2.06. The van der Waals surface area contributed by atoms with Gasteiger partial charge in [-0.05, 0) is 68.8 Å². The first-order valence-corrected chi connectivity index (χ1v) is 13.4. The average Bonchev–Trinajstić information content (AvgIpc) is 2.84. The number of alkyl halides is 3. The number of pyridine rings is 1. The highest BCUT2D eigenvalue weighted by molar-refractivity contribution is 7.53. The molecule has 2 heterocycles. The van der Waals surface area contributed by atoms with Crippen LogP contribution in [0, 0.1) is 6.92 Å². The van der Waals surface area contributed by atoms with E-state index in [2.05, 4.69) is 20.3 Å². The third-order valence-corrected chi connectivity index (χ3v) is 7.46. The van der Waals surface area contributed by atoms with Gasteiger partial charge in [-0.25, -0.2) is 9.97 Å². The molecule has 0 radical (unpaired) electrons. The van der Waals surface area contributed by atoms with Crippen molar-refractivity contribution in [1.29, 1.82) is 0 Å². The third-order valence-electron chi connectivity index (χ3n) is 5.49. The number of hydrogen-bond acceptors (Lipinski definition) is 7. The minimum atomic E-state index is -4.44. The molecule has 4 aromatic rings. The van der Waals surface area contributed by atoms with Gasteiger partial charge in [0.25, 0.3) is 0 Å². The highest BCUT2D eigenvalue weighted by atomic mass is 31.2. The molecule has 0 atom stereocenters. The quantitative estimate of drug-likeness (QED) is 0.224. The Morgan fingerprint density at radius 1 is 0.973 bits per heavy atom. The Labute approximate surface area is 212 Å². The Balaban J connectivity index is 1.80. The molecular formula is C26H26F3N4O3P. The fourth-order valence-corrected chi connectivity index (χ4v) is 5.39. The summed E-state index contributed by atoms with van der Waals surface area (Å²) in [6, 6.07) is 14.0. The standard InChI is InChI=1S/C26H26F3N4O3P/c1-4-35-37(34,36-5-2)16-23-32-22-15-18(24-17(3)7-6-14-30-24)8-13-21(22)25(33-23)31-20-11-9-19(10-12-20)26(27,28)29/h6-15H,4-5,16H2,1-3H3,(H,31,32,33). The molecule has 0 unspecified atom stereocenters. The number of nitrogens with zero attached hydrogens (tertiary/aromatic N) is 3. The molecule has 0 spiro atoms. The van der Waals surface area contributed by atoms with E-state index in [-0.39, 0.29) is 25.2 Å². The highest BCUT2D eigenvalue weighted by Gasteiger charge is 2.30. The van der Waals surface area contributed by atoms with Gasteiger partial charge in [-0.15, -0.1) is 0 Å². The Hall–Kier alpha value is -3.33. The summed E-state index contributed by atoms with van der Waals surface area (Å²) in [6.07, 6.45) is -2.90. The molecule has 7 nitrogen and oxygen atoms in total. The Morgan fingerprint density at radius 2 is 1.68 bits per heavy atom. The van der Waals surface area contributed by atoms with Gasteiger partial charge in [0.15, 0.2) is 0 Å². The number of aryl methyl sites for hydroxylation is 1. The van der Waals surface area contributed by atoms with Crippen LogP contribution < -0.4 is 5.32 Å². The molecule has 0 bridgehead atoms. The van der Waals surface area contributed by atoms with E-state index in [1.807, 2.05) is 37.3 Å². The topological polar surface area (TPSA) is 86.2 Å². The molecular weight excluding hydrogens is 504 g/mol. The minimum absolute atomic E-state index is 0.168. The molecule has 11 heteroatoms. The maximum Gasteiger partial charge on any atom is 0.416 e. The van der Waals surface area contributed by atoms with Crippen LogP contribution in [-0.2, 0) is 26.0 Å². The molecule has 2 aromatic carbocycles. The van der Waals surface area contributed by atoms with Gasteiger partial charge in [0.05, 0.1) is 30.0 Å². The molecule has 2 aromatic heterocycles. The Morgan fingerprint density at radius 3 is 2.30 bits per heavy atom. The van der Waals surface area contributed by atoms with E-state index in [1.54, 1.807) is 20.0 Å². The van der Waals surface area contributed by atoms with Crippen LogP contribution in [0.25, 0.3) is 22.2 Å². The fourth-order valence-electron chi connectivity index (χ4n) is 3.85. The van der Waals surface area contributed by atoms with Crippen LogP contribution in [0.15, 0.2) is 60.8 Å². The highest BCUT2D eigenvalue weighted by Crippen LogP contribution is 2.51. The molecule has 0 aliphatic rings. The van der Waals surface area contributed by atoms with Crippen LogP contribution in [0.4, 0.5) is 24.7 Å². The number of anilines is 2. The summed E-state index contributed by atoms with van der Waals surface area (Å²) in [5.41, 5.74) is 2.79. The molecule has 1 N–H and O–H groups in total. The lowest BCUT2D eigenvalue weighted by atomic mass is 10.0. The number of fused-ring (bicyclic) bond motifs is 1. The summed E-state index contributed by atoms with van der Waals surface area (Å²) in [5.74, 6) is 0.561. The van der Waals surface area contributed by atoms with Gasteiger partial charge in [0, 0.05) is 22.8 Å². The van der Waals surface area contributed by atoms with Gasteiger partial charge >= 0.3 is 13.8 Å². The van der Waals surface area contributed by atoms with E-state index in [9.17, 15) is 17.7 Å². The first-order valence-electron chi connectivity index (χ1n) is 11.7. The predicted molar refractivity (Wildman–Crippen MR) is 137 cm³/mol. The van der Waals surface area contributed by atoms with Gasteiger partial charge in [0.2, 0.25) is 0 Å². The monoisotopic (exact) mass is 530 g/mol. The summed E-state index contributed by atoms with van der Waals surface area (Å²) < 4.78 is 63.0. The number of halogens is 3. The second-order valence-corrected chi connectivity index (χ2v) is 10.2. The zero-order chi connectivity index (χ0) is 26.6. The van der Waals surface area contributed by atoms with Crippen molar-refractivity contribution in [3.05, 3.63) is 77.7 Å². The van der Waals surface area contributed by atoms with Gasteiger partial charge in [-0.3, -0.25) is 9.55 Å². The summed E-state index contributed by atoms with van der Waals surface area (Å²) in [7, 11) is -3.51. The van der Waals surface area contributed by atoms with Crippen molar-refractivity contribution >= 4 is 30.0 Å². The Bertz CT molecular complexity index is 1440. The van der Waals surface area contributed by atoms with Crippen LogP contribution in [0.2, 0.25) is 0 Å². The summed E-state index contributed by atoms with van der Waals surface area (Å²) in [6.45, 7) is 5.75. The SMILES string of the molecule is CCOP(=O)(Cc1nc(Nc2ccc(C(F)(F)F)cc2)c2ccc(-c3ncccc3C)cc2n1)OCC. The van der Waals surface area contributed by atoms with E-state index < -0.39 is 19.3 Å². The first kappa shape index (κ1) is 26.7. The summed E-state index contributed by atoms with van der Waals surface area (Å²) in [5, 5.41) is 3.71. The average molecular weight is 530 g/mol. The number of aromatic nitrogens is 3. The zero-order valence-electron chi connectivity index (χ0n) is 20.5. The van der Waals surface area contributed by atoms with Gasteiger partial charge in [-0.1, -0.05) is 12.1 Å². The molecule has 4 rings (SSSR count). The predicted octanol–water partition coefficient (Wildman–Crippen LogP) is 7.53. The Kier molecular flexibility index (Phi) is 7.92. The molecule has 0 saturated carbocycles. The number of rotatable bonds is 9. The molecule has 0 aliphatic carbocycles. The van der Waals surface area contributed by atoms with Crippen molar-refractivity contribution < 1.29 is 26.8 Å². The normalized spacial score (nSPS) is 12.2. The van der Waals surface area contributed by atoms with E-state index in [4.69, 9.17) is 9.05 Å². The van der Waals surface area contributed by atoms with Gasteiger partial charge < -0.3 is 14.4 Å². The van der Waals surface area contributed by atoms with Crippen molar-refractivity contribution in [2.24, 2.45) is 0 Å². The molecule has 37 heavy (non-hydrogen) atoms. The molecule has 194 valence electrons. The lowest BCUT2D eigenvalue weighted by Gasteiger charge is -2.17. The fraction of sp³-hybridized carbons (Fsp3) is 0.269. The summed E-state index contributed by atoms with van der Waals surface area (Å²) in [4.78, 5) is 13.6. The maximum atomic E-state index is 13.2. The van der Waals surface area contributed by atoms with Crippen molar-refractivity contribution in [1.82, 2.24) is 15.0 Å². The van der Waals surface area contributed by atoms with Crippen LogP contribution in [-0.4, -0.2) is 28.2 Å². The number of nitrogens with one attached hydrogen (secondary N) is 1. The van der Waals surface area contributed by atoms with Crippen LogP contribution in [0.1, 0.15) is 30.8 Å². The van der Waals surface area contributed by atoms with Gasteiger partial charge in [0.1, 0.15) is 17.8 Å². The lowest BCUT2D eigenvalue weighted by molar-refractivity contribution is -0.137.